The first-order chi connectivity index (χ1) is 8.13. The minimum atomic E-state index is -0.343. The van der Waals surface area contributed by atoms with E-state index in [1.165, 1.54) is 21.4 Å². The van der Waals surface area contributed by atoms with E-state index in [1.807, 2.05) is 0 Å². The zero-order chi connectivity index (χ0) is 12.4. The molecule has 0 aliphatic carbocycles. The van der Waals surface area contributed by atoms with Crippen molar-refractivity contribution in [3.8, 4) is 5.69 Å². The van der Waals surface area contributed by atoms with Crippen LogP contribution in [0.2, 0.25) is 0 Å². The van der Waals surface area contributed by atoms with E-state index < -0.39 is 0 Å². The van der Waals surface area contributed by atoms with Crippen molar-refractivity contribution in [3.63, 3.8) is 0 Å². The molecule has 0 fully saturated rings. The van der Waals surface area contributed by atoms with E-state index in [0.717, 1.165) is 0 Å². The highest BCUT2D eigenvalue weighted by molar-refractivity contribution is 5.44. The summed E-state index contributed by atoms with van der Waals surface area (Å²) < 4.78 is 2.60. The van der Waals surface area contributed by atoms with Crippen LogP contribution >= 0.6 is 0 Å². The number of aromatic nitrogens is 2. The zero-order valence-corrected chi connectivity index (χ0v) is 9.46. The number of anilines is 1. The summed E-state index contributed by atoms with van der Waals surface area (Å²) in [7, 11) is 0. The van der Waals surface area contributed by atoms with Crippen LogP contribution in [0.25, 0.3) is 5.69 Å². The smallest absolute Gasteiger partial charge is 0.335 e. The minimum absolute atomic E-state index is 0.288. The van der Waals surface area contributed by atoms with Crippen LogP contribution in [0, 0.1) is 0 Å². The summed E-state index contributed by atoms with van der Waals surface area (Å²) in [6.45, 7) is 2.11. The monoisotopic (exact) mass is 231 g/mol. The predicted octanol–water partition coefficient (Wildman–Crippen LogP) is 0.601. The first kappa shape index (κ1) is 11.2. The molecule has 0 amide bonds. The predicted molar refractivity (Wildman–Crippen MR) is 66.4 cm³/mol. The summed E-state index contributed by atoms with van der Waals surface area (Å²) in [6.07, 6.45) is 1.47. The number of hydrogen-bond donors (Lipinski definition) is 1. The van der Waals surface area contributed by atoms with Crippen LogP contribution in [0.15, 0.2) is 46.1 Å². The average Bonchev–Trinajstić information content (AvgIpc) is 2.31. The second-order valence-corrected chi connectivity index (χ2v) is 3.64. The molecule has 2 N–H and O–H groups in total. The molecule has 2 aromatic rings. The fourth-order valence-electron chi connectivity index (χ4n) is 1.64. The Hall–Kier alpha value is -2.30. The van der Waals surface area contributed by atoms with Gasteiger partial charge >= 0.3 is 5.69 Å². The highest BCUT2D eigenvalue weighted by Gasteiger charge is 2.04. The number of benzene rings is 1. The maximum Gasteiger partial charge on any atom is 0.335 e. The van der Waals surface area contributed by atoms with Gasteiger partial charge in [0.2, 0.25) is 0 Å². The van der Waals surface area contributed by atoms with Gasteiger partial charge in [-0.2, -0.15) is 0 Å². The van der Waals surface area contributed by atoms with Gasteiger partial charge in [0.1, 0.15) is 0 Å². The first-order valence-corrected chi connectivity index (χ1v) is 5.32. The molecule has 0 unspecified atom stereocenters. The van der Waals surface area contributed by atoms with Crippen molar-refractivity contribution >= 4 is 5.69 Å². The molecule has 0 bridgehead atoms. The lowest BCUT2D eigenvalue weighted by Crippen LogP contribution is -2.37. The van der Waals surface area contributed by atoms with Crippen molar-refractivity contribution in [1.29, 1.82) is 0 Å². The van der Waals surface area contributed by atoms with E-state index in [2.05, 4.69) is 0 Å². The van der Waals surface area contributed by atoms with Crippen molar-refractivity contribution < 1.29 is 0 Å². The van der Waals surface area contributed by atoms with Crippen molar-refractivity contribution in [1.82, 2.24) is 9.13 Å². The lowest BCUT2D eigenvalue weighted by atomic mass is 10.3. The summed E-state index contributed by atoms with van der Waals surface area (Å²) in [4.78, 5) is 23.4. The van der Waals surface area contributed by atoms with Gasteiger partial charge in [0.15, 0.2) is 0 Å². The van der Waals surface area contributed by atoms with E-state index in [0.29, 0.717) is 17.9 Å². The molecule has 0 spiro atoms. The van der Waals surface area contributed by atoms with E-state index in [9.17, 15) is 9.59 Å². The molecule has 0 atom stereocenters. The van der Waals surface area contributed by atoms with Crippen LogP contribution in [0.4, 0.5) is 5.69 Å². The zero-order valence-electron chi connectivity index (χ0n) is 9.46. The first-order valence-electron chi connectivity index (χ1n) is 5.32. The molecule has 2 rings (SSSR count). The third-order valence-electron chi connectivity index (χ3n) is 2.56. The second kappa shape index (κ2) is 4.29. The normalized spacial score (nSPS) is 10.4. The van der Waals surface area contributed by atoms with Crippen molar-refractivity contribution in [2.24, 2.45) is 0 Å². The summed E-state index contributed by atoms with van der Waals surface area (Å²) in [6, 6.07) is 8.27. The molecule has 5 nitrogen and oxygen atoms in total. The Kier molecular flexibility index (Phi) is 2.82. The average molecular weight is 231 g/mol. The molecular weight excluding hydrogens is 218 g/mol. The minimum Gasteiger partial charge on any atom is -0.399 e. The van der Waals surface area contributed by atoms with Gasteiger partial charge in [-0.25, -0.2) is 4.79 Å². The summed E-state index contributed by atoms with van der Waals surface area (Å²) in [5.74, 6) is 0. The third-order valence-corrected chi connectivity index (χ3v) is 2.56. The van der Waals surface area contributed by atoms with Gasteiger partial charge < -0.3 is 5.73 Å². The van der Waals surface area contributed by atoms with E-state index in [1.54, 1.807) is 31.2 Å². The fourth-order valence-corrected chi connectivity index (χ4v) is 1.64. The van der Waals surface area contributed by atoms with Gasteiger partial charge in [-0.15, -0.1) is 0 Å². The molecule has 5 heteroatoms. The van der Waals surface area contributed by atoms with E-state index in [4.69, 9.17) is 5.73 Å². The lowest BCUT2D eigenvalue weighted by molar-refractivity contribution is 0.646. The third kappa shape index (κ3) is 1.99. The maximum atomic E-state index is 12.0. The number of rotatable bonds is 2. The highest BCUT2D eigenvalue weighted by atomic mass is 16.2. The Morgan fingerprint density at radius 3 is 2.35 bits per heavy atom. The molecule has 0 saturated heterocycles. The largest absolute Gasteiger partial charge is 0.399 e. The van der Waals surface area contributed by atoms with Crippen molar-refractivity contribution in [3.05, 3.63) is 57.4 Å². The van der Waals surface area contributed by atoms with Crippen molar-refractivity contribution in [2.75, 3.05) is 5.73 Å². The Balaban J connectivity index is 2.65. The Morgan fingerprint density at radius 2 is 1.76 bits per heavy atom. The topological polar surface area (TPSA) is 70.0 Å². The standard InChI is InChI=1S/C12H13N3O2/c1-2-14-11(16)7-8-15(12(14)17)10-5-3-9(13)4-6-10/h3-8H,2,13H2,1H3. The molecule has 0 aliphatic rings. The van der Waals surface area contributed by atoms with Crippen LogP contribution in [0.3, 0.4) is 0 Å². The Bertz CT molecular complexity index is 638. The van der Waals surface area contributed by atoms with Crippen LogP contribution in [0.5, 0.6) is 0 Å². The summed E-state index contributed by atoms with van der Waals surface area (Å²) in [5, 5.41) is 0. The van der Waals surface area contributed by atoms with Gasteiger partial charge in [-0.3, -0.25) is 13.9 Å². The molecule has 0 saturated carbocycles. The Labute approximate surface area is 97.7 Å². The molecule has 0 radical (unpaired) electrons. The lowest BCUT2D eigenvalue weighted by Gasteiger charge is -2.08. The maximum absolute atomic E-state index is 12.0. The quantitative estimate of drug-likeness (QED) is 0.769. The molecule has 0 aliphatic heterocycles. The second-order valence-electron chi connectivity index (χ2n) is 3.64. The SMILES string of the molecule is CCn1c(=O)ccn(-c2ccc(N)cc2)c1=O. The molecule has 17 heavy (non-hydrogen) atoms. The number of hydrogen-bond acceptors (Lipinski definition) is 3. The molecule has 1 aromatic heterocycles. The molecule has 1 heterocycles. The van der Waals surface area contributed by atoms with Gasteiger partial charge in [-0.05, 0) is 31.2 Å². The number of nitrogen functional groups attached to an aromatic ring is 1. The molecule has 1 aromatic carbocycles. The van der Waals surface area contributed by atoms with E-state index >= 15 is 0 Å². The summed E-state index contributed by atoms with van der Waals surface area (Å²) in [5.41, 5.74) is 6.27. The van der Waals surface area contributed by atoms with Crippen LogP contribution in [-0.2, 0) is 6.54 Å². The van der Waals surface area contributed by atoms with Gasteiger partial charge in [0, 0.05) is 24.5 Å². The van der Waals surface area contributed by atoms with Crippen LogP contribution in [-0.4, -0.2) is 9.13 Å². The van der Waals surface area contributed by atoms with Crippen molar-refractivity contribution in [2.45, 2.75) is 13.5 Å². The fraction of sp³-hybridized carbons (Fsp3) is 0.167. The Morgan fingerprint density at radius 1 is 1.12 bits per heavy atom. The number of nitrogens with zero attached hydrogens (tertiary/aromatic N) is 2. The number of nitrogens with two attached hydrogens (primary N) is 1. The van der Waals surface area contributed by atoms with Crippen LogP contribution in [0.1, 0.15) is 6.92 Å². The summed E-state index contributed by atoms with van der Waals surface area (Å²) >= 11 is 0. The van der Waals surface area contributed by atoms with Gasteiger partial charge in [-0.1, -0.05) is 0 Å². The van der Waals surface area contributed by atoms with E-state index in [-0.39, 0.29) is 11.2 Å². The molecule has 88 valence electrons. The van der Waals surface area contributed by atoms with Crippen LogP contribution < -0.4 is 17.0 Å². The van der Waals surface area contributed by atoms with Gasteiger partial charge in [0.25, 0.3) is 5.56 Å². The highest BCUT2D eigenvalue weighted by Crippen LogP contribution is 2.07. The molecular formula is C12H13N3O2. The van der Waals surface area contributed by atoms with Gasteiger partial charge in [0.05, 0.1) is 5.69 Å².